The van der Waals surface area contributed by atoms with Gasteiger partial charge in [0.1, 0.15) is 5.82 Å². The molecule has 0 spiro atoms. The number of hydrogen-bond donors (Lipinski definition) is 1. The van der Waals surface area contributed by atoms with Gasteiger partial charge in [0, 0.05) is 18.6 Å². The normalized spacial score (nSPS) is 11.2. The SMILES string of the molecule is Cc1cc(S(=O)(=O)Nc2ccc(N(C)C)nc2)ccc1Br. The average Bonchev–Trinajstić information content (AvgIpc) is 2.42. The summed E-state index contributed by atoms with van der Waals surface area (Å²) >= 11 is 3.35. The molecule has 1 heterocycles. The third-order valence-corrected chi connectivity index (χ3v) is 5.17. The van der Waals surface area contributed by atoms with Crippen molar-refractivity contribution in [2.24, 2.45) is 0 Å². The quantitative estimate of drug-likeness (QED) is 0.899. The third-order valence-electron chi connectivity index (χ3n) is 2.90. The van der Waals surface area contributed by atoms with Crippen LogP contribution in [0.5, 0.6) is 0 Å². The van der Waals surface area contributed by atoms with Gasteiger partial charge in [-0.2, -0.15) is 0 Å². The number of sulfonamides is 1. The first-order valence-corrected chi connectivity index (χ1v) is 8.49. The molecule has 5 nitrogen and oxygen atoms in total. The predicted molar refractivity (Wildman–Crippen MR) is 88.3 cm³/mol. The van der Waals surface area contributed by atoms with E-state index in [2.05, 4.69) is 25.6 Å². The molecule has 0 unspecified atom stereocenters. The third kappa shape index (κ3) is 3.74. The molecule has 0 aliphatic rings. The number of anilines is 2. The maximum Gasteiger partial charge on any atom is 0.261 e. The molecule has 1 N–H and O–H groups in total. The zero-order valence-electron chi connectivity index (χ0n) is 12.0. The highest BCUT2D eigenvalue weighted by molar-refractivity contribution is 9.10. The molecule has 0 saturated heterocycles. The molecule has 0 fully saturated rings. The van der Waals surface area contributed by atoms with Gasteiger partial charge in [0.15, 0.2) is 0 Å². The zero-order chi connectivity index (χ0) is 15.6. The number of aryl methyl sites for hydroxylation is 1. The van der Waals surface area contributed by atoms with Gasteiger partial charge in [-0.05, 0) is 42.8 Å². The van der Waals surface area contributed by atoms with Gasteiger partial charge in [0.2, 0.25) is 0 Å². The maximum atomic E-state index is 12.3. The zero-order valence-corrected chi connectivity index (χ0v) is 14.4. The second-order valence-corrected chi connectivity index (χ2v) is 7.35. The Hall–Kier alpha value is -1.60. The summed E-state index contributed by atoms with van der Waals surface area (Å²) in [5, 5.41) is 0. The monoisotopic (exact) mass is 369 g/mol. The van der Waals surface area contributed by atoms with E-state index in [1.54, 1.807) is 30.3 Å². The van der Waals surface area contributed by atoms with Gasteiger partial charge in [-0.25, -0.2) is 13.4 Å². The number of benzene rings is 1. The molecule has 1 aromatic carbocycles. The van der Waals surface area contributed by atoms with Gasteiger partial charge in [-0.1, -0.05) is 15.9 Å². The second-order valence-electron chi connectivity index (χ2n) is 4.82. The Morgan fingerprint density at radius 3 is 2.43 bits per heavy atom. The summed E-state index contributed by atoms with van der Waals surface area (Å²) < 4.78 is 28.0. The highest BCUT2D eigenvalue weighted by Crippen LogP contribution is 2.22. The lowest BCUT2D eigenvalue weighted by Crippen LogP contribution is -2.14. The molecular weight excluding hydrogens is 354 g/mol. The molecule has 0 aliphatic heterocycles. The summed E-state index contributed by atoms with van der Waals surface area (Å²) in [6.07, 6.45) is 1.50. The molecule has 0 saturated carbocycles. The first kappa shape index (κ1) is 15.8. The first-order valence-electron chi connectivity index (χ1n) is 6.22. The molecule has 0 radical (unpaired) electrons. The van der Waals surface area contributed by atoms with Crippen LogP contribution in [0.25, 0.3) is 0 Å². The van der Waals surface area contributed by atoms with E-state index in [4.69, 9.17) is 0 Å². The number of nitrogens with one attached hydrogen (secondary N) is 1. The van der Waals surface area contributed by atoms with Gasteiger partial charge in [-0.15, -0.1) is 0 Å². The summed E-state index contributed by atoms with van der Waals surface area (Å²) in [5.41, 5.74) is 1.29. The molecule has 0 aliphatic carbocycles. The minimum absolute atomic E-state index is 0.222. The van der Waals surface area contributed by atoms with Crippen molar-refractivity contribution < 1.29 is 8.42 Å². The fourth-order valence-corrected chi connectivity index (χ4v) is 3.08. The van der Waals surface area contributed by atoms with Crippen LogP contribution in [-0.4, -0.2) is 27.5 Å². The molecule has 2 rings (SSSR count). The van der Waals surface area contributed by atoms with Crippen molar-refractivity contribution in [1.29, 1.82) is 0 Å². The molecule has 112 valence electrons. The molecule has 21 heavy (non-hydrogen) atoms. The summed E-state index contributed by atoms with van der Waals surface area (Å²) in [5.74, 6) is 0.762. The first-order chi connectivity index (χ1) is 9.79. The van der Waals surface area contributed by atoms with Crippen molar-refractivity contribution in [3.05, 3.63) is 46.6 Å². The Labute approximate surface area is 133 Å². The predicted octanol–water partition coefficient (Wildman–Crippen LogP) is 3.02. The summed E-state index contributed by atoms with van der Waals surface area (Å²) in [6.45, 7) is 1.84. The lowest BCUT2D eigenvalue weighted by atomic mass is 10.2. The van der Waals surface area contributed by atoms with Crippen molar-refractivity contribution in [1.82, 2.24) is 4.98 Å². The maximum absolute atomic E-state index is 12.3. The van der Waals surface area contributed by atoms with E-state index in [1.807, 2.05) is 25.9 Å². The van der Waals surface area contributed by atoms with Crippen molar-refractivity contribution in [2.45, 2.75) is 11.8 Å². The minimum atomic E-state index is -3.61. The number of halogens is 1. The summed E-state index contributed by atoms with van der Waals surface area (Å²) in [7, 11) is 0.133. The van der Waals surface area contributed by atoms with Crippen molar-refractivity contribution in [3.63, 3.8) is 0 Å². The second kappa shape index (κ2) is 6.03. The molecule has 0 atom stereocenters. The van der Waals surface area contributed by atoms with E-state index in [0.29, 0.717) is 5.69 Å². The van der Waals surface area contributed by atoms with Crippen LogP contribution in [0.1, 0.15) is 5.56 Å². The average molecular weight is 370 g/mol. The molecular formula is C14H16BrN3O2S. The van der Waals surface area contributed by atoms with Crippen LogP contribution in [0.15, 0.2) is 45.9 Å². The number of pyridine rings is 1. The lowest BCUT2D eigenvalue weighted by Gasteiger charge is -2.12. The lowest BCUT2D eigenvalue weighted by molar-refractivity contribution is 0.601. The fraction of sp³-hybridized carbons (Fsp3) is 0.214. The fourth-order valence-electron chi connectivity index (χ4n) is 1.71. The van der Waals surface area contributed by atoms with E-state index in [-0.39, 0.29) is 4.90 Å². The van der Waals surface area contributed by atoms with Crippen LogP contribution in [0.2, 0.25) is 0 Å². The molecule has 1 aromatic heterocycles. The van der Waals surface area contributed by atoms with E-state index < -0.39 is 10.0 Å². The number of rotatable bonds is 4. The smallest absolute Gasteiger partial charge is 0.261 e. The van der Waals surface area contributed by atoms with Crippen molar-refractivity contribution in [2.75, 3.05) is 23.7 Å². The molecule has 7 heteroatoms. The molecule has 0 bridgehead atoms. The van der Waals surface area contributed by atoms with Crippen molar-refractivity contribution in [3.8, 4) is 0 Å². The Balaban J connectivity index is 2.26. The van der Waals surface area contributed by atoms with Crippen LogP contribution in [0.3, 0.4) is 0 Å². The van der Waals surface area contributed by atoms with Crippen LogP contribution < -0.4 is 9.62 Å². The van der Waals surface area contributed by atoms with E-state index in [1.165, 1.54) is 6.20 Å². The summed E-state index contributed by atoms with van der Waals surface area (Å²) in [4.78, 5) is 6.24. The van der Waals surface area contributed by atoms with Crippen LogP contribution in [-0.2, 0) is 10.0 Å². The number of hydrogen-bond acceptors (Lipinski definition) is 4. The number of nitrogens with zero attached hydrogens (tertiary/aromatic N) is 2. The van der Waals surface area contributed by atoms with Crippen LogP contribution in [0, 0.1) is 6.92 Å². The topological polar surface area (TPSA) is 62.3 Å². The Morgan fingerprint density at radius 2 is 1.90 bits per heavy atom. The highest BCUT2D eigenvalue weighted by Gasteiger charge is 2.15. The molecule has 2 aromatic rings. The van der Waals surface area contributed by atoms with Crippen LogP contribution in [0.4, 0.5) is 11.5 Å². The molecule has 0 amide bonds. The van der Waals surface area contributed by atoms with E-state index >= 15 is 0 Å². The van der Waals surface area contributed by atoms with Gasteiger partial charge < -0.3 is 4.90 Å². The van der Waals surface area contributed by atoms with E-state index in [9.17, 15) is 8.42 Å². The minimum Gasteiger partial charge on any atom is -0.363 e. The van der Waals surface area contributed by atoms with Crippen LogP contribution >= 0.6 is 15.9 Å². The Kier molecular flexibility index (Phi) is 4.53. The van der Waals surface area contributed by atoms with Gasteiger partial charge in [-0.3, -0.25) is 4.72 Å². The highest BCUT2D eigenvalue weighted by atomic mass is 79.9. The Morgan fingerprint density at radius 1 is 1.19 bits per heavy atom. The standard InChI is InChI=1S/C14H16BrN3O2S/c1-10-8-12(5-6-13(10)15)21(19,20)17-11-4-7-14(16-9-11)18(2)3/h4-9,17H,1-3H3. The summed E-state index contributed by atoms with van der Waals surface area (Å²) in [6, 6.07) is 8.34. The largest absolute Gasteiger partial charge is 0.363 e. The van der Waals surface area contributed by atoms with Gasteiger partial charge >= 0.3 is 0 Å². The van der Waals surface area contributed by atoms with Gasteiger partial charge in [0.25, 0.3) is 10.0 Å². The number of aromatic nitrogens is 1. The van der Waals surface area contributed by atoms with Gasteiger partial charge in [0.05, 0.1) is 16.8 Å². The Bertz CT molecular complexity index is 743. The van der Waals surface area contributed by atoms with E-state index in [0.717, 1.165) is 15.9 Å². The van der Waals surface area contributed by atoms with Crippen molar-refractivity contribution >= 4 is 37.5 Å².